The van der Waals surface area contributed by atoms with Crippen LogP contribution in [0.3, 0.4) is 0 Å². The van der Waals surface area contributed by atoms with Crippen LogP contribution in [0.15, 0.2) is 49.1 Å². The van der Waals surface area contributed by atoms with E-state index < -0.39 is 7.60 Å². The topological polar surface area (TPSA) is 35.5 Å². The van der Waals surface area contributed by atoms with Crippen LogP contribution in [0, 0.1) is 0 Å². The maximum Gasteiger partial charge on any atom is 0.337 e. The highest BCUT2D eigenvalue weighted by atomic mass is 31.2. The zero-order valence-electron chi connectivity index (χ0n) is 12.2. The first-order chi connectivity index (χ1) is 9.66. The number of allylic oxidation sites excluding steroid dienone is 2. The van der Waals surface area contributed by atoms with E-state index in [-0.39, 0.29) is 5.66 Å². The molecule has 1 atom stereocenters. The van der Waals surface area contributed by atoms with E-state index in [1.165, 1.54) is 0 Å². The monoisotopic (exact) mass is 294 g/mol. The van der Waals surface area contributed by atoms with Crippen LogP contribution in [-0.2, 0) is 13.6 Å². The van der Waals surface area contributed by atoms with Crippen LogP contribution in [-0.4, -0.2) is 18.9 Å². The van der Waals surface area contributed by atoms with Crippen molar-refractivity contribution in [2.45, 2.75) is 25.9 Å². The molecule has 4 heteroatoms. The normalized spacial score (nSPS) is 13.5. The Morgan fingerprint density at radius 1 is 1.20 bits per heavy atom. The minimum atomic E-state index is -3.14. The van der Waals surface area contributed by atoms with E-state index in [4.69, 9.17) is 9.05 Å². The van der Waals surface area contributed by atoms with Crippen LogP contribution in [0.5, 0.6) is 0 Å². The van der Waals surface area contributed by atoms with E-state index in [1.807, 2.05) is 56.3 Å². The smallest absolute Gasteiger partial charge is 0.308 e. The van der Waals surface area contributed by atoms with Crippen molar-refractivity contribution in [3.8, 4) is 0 Å². The summed E-state index contributed by atoms with van der Waals surface area (Å²) in [5.74, 6) is 0. The minimum absolute atomic E-state index is 0.305. The van der Waals surface area contributed by atoms with Crippen molar-refractivity contribution in [3.05, 3.63) is 54.6 Å². The number of hydrogen-bond donors (Lipinski definition) is 0. The summed E-state index contributed by atoms with van der Waals surface area (Å²) in [5, 5.41) is 0. The summed E-state index contributed by atoms with van der Waals surface area (Å²) in [4.78, 5) is 0. The molecule has 20 heavy (non-hydrogen) atoms. The molecule has 0 aliphatic heterocycles. The molecule has 110 valence electrons. The molecule has 1 rings (SSSR count). The highest BCUT2D eigenvalue weighted by Crippen LogP contribution is 2.55. The lowest BCUT2D eigenvalue weighted by Crippen LogP contribution is -2.10. The fourth-order valence-electron chi connectivity index (χ4n) is 1.86. The molecule has 1 unspecified atom stereocenters. The van der Waals surface area contributed by atoms with Crippen LogP contribution in [0.2, 0.25) is 0 Å². The lowest BCUT2D eigenvalue weighted by Gasteiger charge is -2.23. The Bertz CT molecular complexity index is 458. The van der Waals surface area contributed by atoms with E-state index >= 15 is 0 Å². The van der Waals surface area contributed by atoms with Gasteiger partial charge in [-0.15, -0.1) is 6.58 Å². The van der Waals surface area contributed by atoms with Crippen molar-refractivity contribution < 1.29 is 13.6 Å². The van der Waals surface area contributed by atoms with E-state index in [0.29, 0.717) is 19.6 Å². The first-order valence-electron chi connectivity index (χ1n) is 6.89. The fraction of sp³-hybridized carbons (Fsp3) is 0.375. The summed E-state index contributed by atoms with van der Waals surface area (Å²) >= 11 is 0. The molecular weight excluding hydrogens is 271 g/mol. The van der Waals surface area contributed by atoms with E-state index in [0.717, 1.165) is 5.56 Å². The van der Waals surface area contributed by atoms with Gasteiger partial charge in [-0.05, 0) is 25.8 Å². The lowest BCUT2D eigenvalue weighted by molar-refractivity contribution is 0.215. The standard InChI is InChI=1S/C16H23O3P/c1-4-10-16(20(17,18-5-2)19-6-3)14-13-15-11-8-7-9-12-15/h4,7-9,11-14,16H,1,5-6,10H2,2-3H3/b14-13+. The van der Waals surface area contributed by atoms with Gasteiger partial charge < -0.3 is 9.05 Å². The van der Waals surface area contributed by atoms with Crippen molar-refractivity contribution in [1.29, 1.82) is 0 Å². The molecule has 0 saturated heterocycles. The number of hydrogen-bond acceptors (Lipinski definition) is 3. The third kappa shape index (κ3) is 5.09. The summed E-state index contributed by atoms with van der Waals surface area (Å²) < 4.78 is 23.6. The highest BCUT2D eigenvalue weighted by molar-refractivity contribution is 7.54. The second kappa shape index (κ2) is 8.91. The maximum absolute atomic E-state index is 12.8. The highest BCUT2D eigenvalue weighted by Gasteiger charge is 2.32. The van der Waals surface area contributed by atoms with Gasteiger partial charge in [-0.3, -0.25) is 4.57 Å². The quantitative estimate of drug-likeness (QED) is 0.479. The molecule has 0 aromatic heterocycles. The molecule has 3 nitrogen and oxygen atoms in total. The third-order valence-corrected chi connectivity index (χ3v) is 5.17. The lowest BCUT2D eigenvalue weighted by atomic mass is 10.2. The molecule has 0 bridgehead atoms. The summed E-state index contributed by atoms with van der Waals surface area (Å²) in [7, 11) is -3.14. The Labute approximate surface area is 121 Å². The molecule has 0 N–H and O–H groups in total. The molecule has 0 heterocycles. The first kappa shape index (κ1) is 16.9. The maximum atomic E-state index is 12.8. The van der Waals surface area contributed by atoms with Crippen molar-refractivity contribution in [1.82, 2.24) is 0 Å². The molecule has 1 aromatic rings. The van der Waals surface area contributed by atoms with E-state index in [1.54, 1.807) is 6.08 Å². The molecule has 0 amide bonds. The molecule has 0 spiro atoms. The Morgan fingerprint density at radius 2 is 1.80 bits per heavy atom. The van der Waals surface area contributed by atoms with Gasteiger partial charge in [0.2, 0.25) is 0 Å². The number of rotatable bonds is 9. The van der Waals surface area contributed by atoms with Crippen LogP contribution in [0.1, 0.15) is 25.8 Å². The summed E-state index contributed by atoms with van der Waals surface area (Å²) in [6, 6.07) is 9.88. The summed E-state index contributed by atoms with van der Waals surface area (Å²) in [5.41, 5.74) is 0.751. The van der Waals surface area contributed by atoms with Gasteiger partial charge in [-0.1, -0.05) is 48.6 Å². The van der Waals surface area contributed by atoms with Gasteiger partial charge in [0, 0.05) is 0 Å². The Kier molecular flexibility index (Phi) is 7.53. The van der Waals surface area contributed by atoms with Crippen LogP contribution >= 0.6 is 7.60 Å². The van der Waals surface area contributed by atoms with Crippen molar-refractivity contribution >= 4 is 13.7 Å². The molecule has 0 saturated carbocycles. The van der Waals surface area contributed by atoms with Crippen molar-refractivity contribution in [2.24, 2.45) is 0 Å². The average molecular weight is 294 g/mol. The second-order valence-electron chi connectivity index (χ2n) is 4.24. The predicted octanol–water partition coefficient (Wildman–Crippen LogP) is 4.91. The van der Waals surface area contributed by atoms with Crippen LogP contribution in [0.4, 0.5) is 0 Å². The Morgan fingerprint density at radius 3 is 2.30 bits per heavy atom. The van der Waals surface area contributed by atoms with Crippen molar-refractivity contribution in [3.63, 3.8) is 0 Å². The number of benzene rings is 1. The Hall–Kier alpha value is -1.15. The fourth-order valence-corrected chi connectivity index (χ4v) is 3.74. The first-order valence-corrected chi connectivity index (χ1v) is 8.50. The van der Waals surface area contributed by atoms with Gasteiger partial charge in [-0.2, -0.15) is 0 Å². The molecular formula is C16H23O3P. The van der Waals surface area contributed by atoms with Gasteiger partial charge in [0.1, 0.15) is 0 Å². The predicted molar refractivity (Wildman–Crippen MR) is 84.9 cm³/mol. The minimum Gasteiger partial charge on any atom is -0.308 e. The average Bonchev–Trinajstić information content (AvgIpc) is 2.45. The van der Waals surface area contributed by atoms with Gasteiger partial charge in [0.25, 0.3) is 0 Å². The van der Waals surface area contributed by atoms with Gasteiger partial charge in [0.05, 0.1) is 18.9 Å². The molecule has 0 aliphatic carbocycles. The molecule has 0 fully saturated rings. The van der Waals surface area contributed by atoms with Gasteiger partial charge in [0.15, 0.2) is 0 Å². The third-order valence-electron chi connectivity index (χ3n) is 2.74. The van der Waals surface area contributed by atoms with Crippen LogP contribution in [0.25, 0.3) is 6.08 Å². The zero-order valence-corrected chi connectivity index (χ0v) is 13.1. The molecule has 1 aromatic carbocycles. The summed E-state index contributed by atoms with van der Waals surface area (Å²) in [6.07, 6.45) is 6.13. The van der Waals surface area contributed by atoms with Crippen molar-refractivity contribution in [2.75, 3.05) is 13.2 Å². The van der Waals surface area contributed by atoms with Gasteiger partial charge in [-0.25, -0.2) is 0 Å². The second-order valence-corrected chi connectivity index (χ2v) is 6.50. The Balaban J connectivity index is 2.94. The van der Waals surface area contributed by atoms with E-state index in [9.17, 15) is 4.57 Å². The largest absolute Gasteiger partial charge is 0.337 e. The molecule has 0 aliphatic rings. The SMILES string of the molecule is C=CCC(/C=C/c1ccccc1)P(=O)(OCC)OCC. The van der Waals surface area contributed by atoms with Gasteiger partial charge >= 0.3 is 7.60 Å². The van der Waals surface area contributed by atoms with E-state index in [2.05, 4.69) is 6.58 Å². The van der Waals surface area contributed by atoms with Crippen LogP contribution < -0.4 is 0 Å². The zero-order chi connectivity index (χ0) is 14.8. The molecule has 0 radical (unpaired) electrons. The summed E-state index contributed by atoms with van der Waals surface area (Å²) in [6.45, 7) is 8.09.